The average Bonchev–Trinajstić information content (AvgIpc) is 2.62. The van der Waals surface area contributed by atoms with Crippen LogP contribution in [0.4, 0.5) is 23.0 Å². The zero-order chi connectivity index (χ0) is 18.9. The van der Waals surface area contributed by atoms with Gasteiger partial charge in [-0.05, 0) is 24.3 Å². The Hall–Kier alpha value is -3.37. The molecule has 2 rings (SSSR count). The number of esters is 1. The highest BCUT2D eigenvalue weighted by Crippen LogP contribution is 2.30. The lowest BCUT2D eigenvalue weighted by molar-refractivity contribution is -0.137. The molecule has 10 heteroatoms. The molecule has 0 aliphatic rings. The molecule has 0 atom stereocenters. The molecule has 0 fully saturated rings. The van der Waals surface area contributed by atoms with Crippen molar-refractivity contribution in [1.82, 2.24) is 4.98 Å². The van der Waals surface area contributed by atoms with Crippen molar-refractivity contribution < 1.29 is 19.4 Å². The number of nitrogen functional groups attached to an aromatic ring is 1. The van der Waals surface area contributed by atoms with Gasteiger partial charge in [0.1, 0.15) is 23.8 Å². The van der Waals surface area contributed by atoms with Crippen LogP contribution in [-0.2, 0) is 9.59 Å². The summed E-state index contributed by atoms with van der Waals surface area (Å²) in [5, 5.41) is 19.3. The number of para-hydroxylation sites is 1. The van der Waals surface area contributed by atoms with Gasteiger partial charge in [-0.3, -0.25) is 4.79 Å². The van der Waals surface area contributed by atoms with Gasteiger partial charge >= 0.3 is 5.97 Å². The maximum atomic E-state index is 11.5. The average molecular weight is 358 g/mol. The molecule has 0 saturated carbocycles. The van der Waals surface area contributed by atoms with E-state index in [2.05, 4.69) is 20.5 Å². The van der Waals surface area contributed by atoms with Crippen LogP contribution in [0, 0.1) is 0 Å². The highest BCUT2D eigenvalue weighted by Gasteiger charge is 2.09. The molecule has 1 heterocycles. The van der Waals surface area contributed by atoms with Crippen LogP contribution in [0.5, 0.6) is 5.75 Å². The summed E-state index contributed by atoms with van der Waals surface area (Å²) in [4.78, 5) is 26.7. The van der Waals surface area contributed by atoms with Gasteiger partial charge in [0.25, 0.3) is 0 Å². The molecule has 0 bridgehead atoms. The molecule has 1 aromatic carbocycles. The Morgan fingerprint density at radius 3 is 2.58 bits per heavy atom. The SMILES string of the molecule is NCCC(=O)Nc1ccc(N=Nc2ccccc2OC(=O)CO)c(N)n1. The summed E-state index contributed by atoms with van der Waals surface area (Å²) in [7, 11) is 0. The number of aliphatic hydroxyl groups excluding tert-OH is 1. The number of hydrogen-bond donors (Lipinski definition) is 4. The number of nitrogens with zero attached hydrogens (tertiary/aromatic N) is 3. The van der Waals surface area contributed by atoms with Crippen LogP contribution >= 0.6 is 0 Å². The molecule has 0 saturated heterocycles. The third-order valence-electron chi connectivity index (χ3n) is 3.02. The number of pyridine rings is 1. The maximum absolute atomic E-state index is 11.5. The number of azo groups is 1. The summed E-state index contributed by atoms with van der Waals surface area (Å²) in [6.07, 6.45) is 0.173. The lowest BCUT2D eigenvalue weighted by Crippen LogP contribution is -2.17. The Bertz CT molecular complexity index is 824. The number of ether oxygens (including phenoxy) is 1. The van der Waals surface area contributed by atoms with Crippen molar-refractivity contribution >= 4 is 34.9 Å². The van der Waals surface area contributed by atoms with Crippen molar-refractivity contribution in [3.63, 3.8) is 0 Å². The second kappa shape index (κ2) is 9.20. The van der Waals surface area contributed by atoms with Gasteiger partial charge in [-0.15, -0.1) is 10.2 Å². The van der Waals surface area contributed by atoms with Crippen LogP contribution in [0.15, 0.2) is 46.6 Å². The Balaban J connectivity index is 2.16. The first kappa shape index (κ1) is 19.0. The molecule has 1 aromatic heterocycles. The molecule has 1 amide bonds. The van der Waals surface area contributed by atoms with Crippen molar-refractivity contribution in [3.05, 3.63) is 36.4 Å². The van der Waals surface area contributed by atoms with Crippen molar-refractivity contribution in [2.45, 2.75) is 6.42 Å². The number of carbonyl (C=O) groups excluding carboxylic acids is 2. The molecule has 2 aromatic rings. The summed E-state index contributed by atoms with van der Waals surface area (Å²) in [6.45, 7) is -0.520. The van der Waals surface area contributed by atoms with E-state index in [1.165, 1.54) is 18.2 Å². The van der Waals surface area contributed by atoms with Crippen molar-refractivity contribution in [2.75, 3.05) is 24.2 Å². The van der Waals surface area contributed by atoms with Crippen molar-refractivity contribution in [1.29, 1.82) is 0 Å². The molecular formula is C16H18N6O4. The number of anilines is 2. The highest BCUT2D eigenvalue weighted by molar-refractivity contribution is 5.90. The Morgan fingerprint density at radius 1 is 1.15 bits per heavy atom. The first-order valence-corrected chi connectivity index (χ1v) is 7.62. The van der Waals surface area contributed by atoms with Gasteiger partial charge in [0.2, 0.25) is 5.91 Å². The Morgan fingerprint density at radius 2 is 1.88 bits per heavy atom. The fourth-order valence-corrected chi connectivity index (χ4v) is 1.85. The normalized spacial score (nSPS) is 10.7. The molecule has 26 heavy (non-hydrogen) atoms. The topological polar surface area (TPSA) is 165 Å². The minimum Gasteiger partial charge on any atom is -0.422 e. The van der Waals surface area contributed by atoms with Gasteiger partial charge in [-0.1, -0.05) is 12.1 Å². The molecular weight excluding hydrogens is 340 g/mol. The van der Waals surface area contributed by atoms with Gasteiger partial charge in [-0.2, -0.15) is 0 Å². The van der Waals surface area contributed by atoms with Crippen LogP contribution in [0.1, 0.15) is 6.42 Å². The summed E-state index contributed by atoms with van der Waals surface area (Å²) in [5.74, 6) is -0.603. The minimum atomic E-state index is -0.814. The Labute approximate surface area is 148 Å². The molecule has 6 N–H and O–H groups in total. The van der Waals surface area contributed by atoms with Crippen molar-refractivity contribution in [2.24, 2.45) is 16.0 Å². The van der Waals surface area contributed by atoms with Crippen LogP contribution in [0.25, 0.3) is 0 Å². The first-order chi connectivity index (χ1) is 12.5. The van der Waals surface area contributed by atoms with Crippen LogP contribution in [0.2, 0.25) is 0 Å². The molecule has 0 spiro atoms. The predicted molar refractivity (Wildman–Crippen MR) is 94.3 cm³/mol. The fourth-order valence-electron chi connectivity index (χ4n) is 1.85. The number of rotatable bonds is 7. The molecule has 136 valence electrons. The van der Waals surface area contributed by atoms with E-state index in [-0.39, 0.29) is 47.6 Å². The number of nitrogens with one attached hydrogen (secondary N) is 1. The van der Waals surface area contributed by atoms with E-state index in [1.807, 2.05) is 0 Å². The van der Waals surface area contributed by atoms with Gasteiger partial charge in [0.05, 0.1) is 0 Å². The second-order valence-corrected chi connectivity index (χ2v) is 4.99. The number of aromatic nitrogens is 1. The second-order valence-electron chi connectivity index (χ2n) is 4.99. The Kier molecular flexibility index (Phi) is 6.71. The quantitative estimate of drug-likeness (QED) is 0.328. The third kappa shape index (κ3) is 5.33. The fraction of sp³-hybridized carbons (Fsp3) is 0.188. The number of hydrogen-bond acceptors (Lipinski definition) is 9. The van der Waals surface area contributed by atoms with Crippen LogP contribution < -0.4 is 21.5 Å². The van der Waals surface area contributed by atoms with E-state index in [9.17, 15) is 9.59 Å². The summed E-state index contributed by atoms with van der Waals surface area (Å²) in [6, 6.07) is 9.48. The number of aliphatic hydroxyl groups is 1. The lowest BCUT2D eigenvalue weighted by Gasteiger charge is -2.06. The maximum Gasteiger partial charge on any atom is 0.337 e. The standard InChI is InChI=1S/C16H18N6O4/c17-8-7-14(24)19-13-6-5-11(16(18)20-13)22-21-10-3-1-2-4-12(10)26-15(25)9-23/h1-6,23H,7-9,17H2,(H3,18,19,20,24). The van der Waals surface area contributed by atoms with Crippen molar-refractivity contribution in [3.8, 4) is 5.75 Å². The van der Waals surface area contributed by atoms with E-state index in [1.54, 1.807) is 18.2 Å². The van der Waals surface area contributed by atoms with E-state index in [4.69, 9.17) is 21.3 Å². The number of carbonyl (C=O) groups is 2. The first-order valence-electron chi connectivity index (χ1n) is 7.62. The summed E-state index contributed by atoms with van der Waals surface area (Å²) in [5.41, 5.74) is 11.7. The zero-order valence-electron chi connectivity index (χ0n) is 13.8. The molecule has 0 aliphatic carbocycles. The van der Waals surface area contributed by atoms with E-state index in [0.29, 0.717) is 0 Å². The van der Waals surface area contributed by atoms with Gasteiger partial charge in [0, 0.05) is 13.0 Å². The number of benzene rings is 1. The molecule has 0 unspecified atom stereocenters. The van der Waals surface area contributed by atoms with Crippen LogP contribution in [-0.4, -0.2) is 35.1 Å². The molecule has 0 radical (unpaired) electrons. The van der Waals surface area contributed by atoms with E-state index in [0.717, 1.165) is 0 Å². The number of nitrogens with two attached hydrogens (primary N) is 2. The lowest BCUT2D eigenvalue weighted by atomic mass is 10.3. The van der Waals surface area contributed by atoms with Gasteiger partial charge in [0.15, 0.2) is 11.6 Å². The zero-order valence-corrected chi connectivity index (χ0v) is 13.8. The van der Waals surface area contributed by atoms with Crippen LogP contribution in [0.3, 0.4) is 0 Å². The third-order valence-corrected chi connectivity index (χ3v) is 3.02. The van der Waals surface area contributed by atoms with Gasteiger partial charge < -0.3 is 26.6 Å². The monoisotopic (exact) mass is 358 g/mol. The predicted octanol–water partition coefficient (Wildman–Crippen LogP) is 1.26. The molecule has 10 nitrogen and oxygen atoms in total. The molecule has 0 aliphatic heterocycles. The van der Waals surface area contributed by atoms with E-state index < -0.39 is 12.6 Å². The van der Waals surface area contributed by atoms with E-state index >= 15 is 0 Å². The smallest absolute Gasteiger partial charge is 0.337 e. The number of amides is 1. The summed E-state index contributed by atoms with van der Waals surface area (Å²) >= 11 is 0. The highest BCUT2D eigenvalue weighted by atomic mass is 16.5. The largest absolute Gasteiger partial charge is 0.422 e. The van der Waals surface area contributed by atoms with Gasteiger partial charge in [-0.25, -0.2) is 9.78 Å². The summed E-state index contributed by atoms with van der Waals surface area (Å²) < 4.78 is 4.95. The minimum absolute atomic E-state index is 0.0594.